The van der Waals surface area contributed by atoms with Crippen molar-refractivity contribution < 1.29 is 23.8 Å². The molecule has 30 heavy (non-hydrogen) atoms. The molecule has 0 fully saturated rings. The lowest BCUT2D eigenvalue weighted by molar-refractivity contribution is -0.137. The second-order valence-electron chi connectivity index (χ2n) is 8.00. The minimum Gasteiger partial charge on any atom is -0.463 e. The smallest absolute Gasteiger partial charge is 0.330 e. The van der Waals surface area contributed by atoms with Crippen molar-refractivity contribution in [3.05, 3.63) is 12.2 Å². The Bertz CT molecular complexity index is 465. The summed E-state index contributed by atoms with van der Waals surface area (Å²) in [7, 11) is 0. The summed E-state index contributed by atoms with van der Waals surface area (Å²) in [5.41, 5.74) is 0. The van der Waals surface area contributed by atoms with E-state index < -0.39 is 6.72 Å². The summed E-state index contributed by atoms with van der Waals surface area (Å²) in [6.07, 6.45) is 24.3. The third-order valence-corrected chi connectivity index (χ3v) is 5.93. The van der Waals surface area contributed by atoms with Gasteiger partial charge in [-0.3, -0.25) is 0 Å². The maximum absolute atomic E-state index is 11.1. The second-order valence-corrected chi connectivity index (χ2v) is 10.7. The molecule has 7 heteroatoms. The molecule has 0 aromatic rings. The van der Waals surface area contributed by atoms with Gasteiger partial charge >= 0.3 is 12.7 Å². The predicted molar refractivity (Wildman–Crippen MR) is 129 cm³/mol. The van der Waals surface area contributed by atoms with Gasteiger partial charge in [0.05, 0.1) is 13.2 Å². The van der Waals surface area contributed by atoms with Crippen LogP contribution >= 0.6 is 6.72 Å². The average molecular weight is 465 g/mol. The summed E-state index contributed by atoms with van der Waals surface area (Å²) < 4.78 is 9.87. The lowest BCUT2D eigenvalue weighted by Crippen LogP contribution is -2.01. The van der Waals surface area contributed by atoms with Gasteiger partial charge in [0.1, 0.15) is 0 Å². The summed E-state index contributed by atoms with van der Waals surface area (Å²) in [6, 6.07) is 0. The van der Waals surface area contributed by atoms with Crippen LogP contribution in [-0.2, 0) is 25.9 Å². The molecule has 0 aromatic heterocycles. The molecule has 0 amide bonds. The fraction of sp³-hybridized carbons (Fsp3) is 0.870. The van der Waals surface area contributed by atoms with Crippen LogP contribution in [0.2, 0.25) is 0 Å². The Morgan fingerprint density at radius 1 is 0.700 bits per heavy atom. The van der Waals surface area contributed by atoms with Crippen LogP contribution in [0.1, 0.15) is 116 Å². The maximum Gasteiger partial charge on any atom is 0.330 e. The van der Waals surface area contributed by atoms with Crippen molar-refractivity contribution in [1.82, 2.24) is 0 Å². The first-order valence-electron chi connectivity index (χ1n) is 12.0. The largest absolute Gasteiger partial charge is 0.463 e. The third-order valence-electron chi connectivity index (χ3n) is 5.10. The summed E-state index contributed by atoms with van der Waals surface area (Å²) in [4.78, 5) is 29.0. The van der Waals surface area contributed by atoms with Crippen molar-refractivity contribution in [2.45, 2.75) is 116 Å². The average Bonchev–Trinajstić information content (AvgIpc) is 2.68. The van der Waals surface area contributed by atoms with Gasteiger partial charge in [0.2, 0.25) is 0 Å². The number of rotatable bonds is 22. The fourth-order valence-corrected chi connectivity index (χ4v) is 3.99. The molecule has 0 saturated carbocycles. The zero-order chi connectivity index (χ0) is 22.3. The van der Waals surface area contributed by atoms with Gasteiger partial charge in [-0.15, -0.1) is 0 Å². The molecule has 178 valence electrons. The quantitative estimate of drug-likeness (QED) is 0.0780. The van der Waals surface area contributed by atoms with Crippen molar-refractivity contribution >= 4 is 24.5 Å². The van der Waals surface area contributed by atoms with E-state index in [1.54, 1.807) is 6.08 Å². The van der Waals surface area contributed by atoms with Crippen molar-refractivity contribution in [3.8, 4) is 0 Å². The van der Waals surface area contributed by atoms with Gasteiger partial charge in [0.25, 0.3) is 0 Å². The predicted octanol–water partition coefficient (Wildman–Crippen LogP) is 6.96. The Balaban J connectivity index is 3.10. The minimum absolute atomic E-state index is 0.229. The van der Waals surface area contributed by atoms with Crippen molar-refractivity contribution in [3.63, 3.8) is 0 Å². The van der Waals surface area contributed by atoms with E-state index in [1.165, 1.54) is 89.5 Å². The number of allylic oxidation sites excluding steroid dienone is 1. The van der Waals surface area contributed by atoms with Gasteiger partial charge in [-0.2, -0.15) is 0 Å². The van der Waals surface area contributed by atoms with Gasteiger partial charge in [-0.05, 0) is 31.6 Å². The molecule has 0 aromatic carbocycles. The van der Waals surface area contributed by atoms with E-state index in [1.807, 2.05) is 6.92 Å². The number of ether oxygens (including phenoxy) is 1. The van der Waals surface area contributed by atoms with Crippen LogP contribution in [0.4, 0.5) is 0 Å². The monoisotopic (exact) mass is 464 g/mol. The van der Waals surface area contributed by atoms with E-state index in [0.717, 1.165) is 25.7 Å². The highest BCUT2D eigenvalue weighted by Gasteiger charge is 2.06. The SMILES string of the molecule is CC=CC(=O)OCCCCCCCCCCCCCCCCCCCOP(O)(O)=S. The van der Waals surface area contributed by atoms with Crippen LogP contribution in [0, 0.1) is 0 Å². The Hall–Kier alpha value is -0.260. The van der Waals surface area contributed by atoms with Crippen LogP contribution in [0.3, 0.4) is 0 Å². The lowest BCUT2D eigenvalue weighted by Gasteiger charge is -2.07. The zero-order valence-electron chi connectivity index (χ0n) is 19.1. The van der Waals surface area contributed by atoms with Gasteiger partial charge in [-0.25, -0.2) is 4.79 Å². The molecule has 0 radical (unpaired) electrons. The molecule has 0 bridgehead atoms. The van der Waals surface area contributed by atoms with Crippen molar-refractivity contribution in [1.29, 1.82) is 0 Å². The number of carbonyl (C=O) groups excluding carboxylic acids is 1. The normalized spacial score (nSPS) is 12.0. The lowest BCUT2D eigenvalue weighted by atomic mass is 10.0. The van der Waals surface area contributed by atoms with E-state index in [4.69, 9.17) is 19.0 Å². The van der Waals surface area contributed by atoms with Crippen LogP contribution in [-0.4, -0.2) is 29.0 Å². The molecule has 0 spiro atoms. The highest BCUT2D eigenvalue weighted by molar-refractivity contribution is 8.06. The van der Waals surface area contributed by atoms with E-state index in [-0.39, 0.29) is 5.97 Å². The highest BCUT2D eigenvalue weighted by Crippen LogP contribution is 2.36. The standard InChI is InChI=1S/C23H45O5PS/c1-2-20-23(24)27-21-18-16-14-12-10-8-6-4-3-5-7-9-11-13-15-17-19-22-28-29(25,26)30/h2,20H,3-19,21-22H2,1H3,(H2,25,26,30). The fourth-order valence-electron chi connectivity index (χ4n) is 3.40. The molecule has 0 heterocycles. The molecule has 0 aliphatic carbocycles. The molecular weight excluding hydrogens is 419 g/mol. The third kappa shape index (κ3) is 25.8. The first kappa shape index (κ1) is 29.7. The zero-order valence-corrected chi connectivity index (χ0v) is 20.8. The summed E-state index contributed by atoms with van der Waals surface area (Å²) in [6.45, 7) is -0.723. The molecule has 0 aliphatic rings. The Kier molecular flexibility index (Phi) is 21.8. The number of hydrogen-bond acceptors (Lipinski definition) is 4. The number of unbranched alkanes of at least 4 members (excludes halogenated alkanes) is 16. The minimum atomic E-state index is -3.45. The highest BCUT2D eigenvalue weighted by atomic mass is 32.5. The molecule has 0 saturated heterocycles. The van der Waals surface area contributed by atoms with Gasteiger partial charge in [-0.1, -0.05) is 102 Å². The molecule has 5 nitrogen and oxygen atoms in total. The van der Waals surface area contributed by atoms with Crippen LogP contribution in [0.15, 0.2) is 12.2 Å². The van der Waals surface area contributed by atoms with Crippen molar-refractivity contribution in [2.24, 2.45) is 0 Å². The van der Waals surface area contributed by atoms with E-state index >= 15 is 0 Å². The van der Waals surface area contributed by atoms with Crippen molar-refractivity contribution in [2.75, 3.05) is 13.2 Å². The number of esters is 1. The van der Waals surface area contributed by atoms with Crippen LogP contribution in [0.5, 0.6) is 0 Å². The van der Waals surface area contributed by atoms with Gasteiger partial charge < -0.3 is 19.0 Å². The molecule has 0 rings (SSSR count). The first-order valence-corrected chi connectivity index (χ1v) is 14.6. The molecule has 0 unspecified atom stereocenters. The van der Waals surface area contributed by atoms with Crippen LogP contribution in [0.25, 0.3) is 0 Å². The summed E-state index contributed by atoms with van der Waals surface area (Å²) >= 11 is 4.41. The molecule has 0 atom stereocenters. The first-order chi connectivity index (χ1) is 14.5. The Morgan fingerprint density at radius 2 is 1.03 bits per heavy atom. The molecule has 0 aliphatic heterocycles. The van der Waals surface area contributed by atoms with Gasteiger partial charge in [0.15, 0.2) is 0 Å². The Labute approximate surface area is 189 Å². The Morgan fingerprint density at radius 3 is 1.37 bits per heavy atom. The van der Waals surface area contributed by atoms with E-state index in [2.05, 4.69) is 11.8 Å². The summed E-state index contributed by atoms with van der Waals surface area (Å²) in [5, 5.41) is 0. The number of hydrogen-bond donors (Lipinski definition) is 2. The van der Waals surface area contributed by atoms with E-state index in [0.29, 0.717) is 13.2 Å². The van der Waals surface area contributed by atoms with E-state index in [9.17, 15) is 4.79 Å². The number of carbonyl (C=O) groups is 1. The molecule has 2 N–H and O–H groups in total. The van der Waals surface area contributed by atoms with Gasteiger partial charge in [0, 0.05) is 6.08 Å². The second kappa shape index (κ2) is 22.0. The summed E-state index contributed by atoms with van der Waals surface area (Å²) in [5.74, 6) is -0.229. The topological polar surface area (TPSA) is 76.0 Å². The van der Waals surface area contributed by atoms with Crippen LogP contribution < -0.4 is 0 Å². The molecular formula is C23H45O5PS. The maximum atomic E-state index is 11.1.